The van der Waals surface area contributed by atoms with E-state index in [1.165, 1.54) is 0 Å². The lowest BCUT2D eigenvalue weighted by molar-refractivity contribution is -0.135. The van der Waals surface area contributed by atoms with Gasteiger partial charge in [0.1, 0.15) is 0 Å². The molecule has 0 spiro atoms. The number of rotatable bonds is 6. The van der Waals surface area contributed by atoms with Gasteiger partial charge in [-0.3, -0.25) is 9.59 Å². The molecule has 4 rings (SSSR count). The summed E-state index contributed by atoms with van der Waals surface area (Å²) in [5.41, 5.74) is 3.93. The van der Waals surface area contributed by atoms with E-state index in [1.807, 2.05) is 41.3 Å². The van der Waals surface area contributed by atoms with E-state index in [0.29, 0.717) is 39.0 Å². The van der Waals surface area contributed by atoms with Crippen LogP contribution in [0.5, 0.6) is 0 Å². The van der Waals surface area contributed by atoms with Crippen molar-refractivity contribution < 1.29 is 14.3 Å². The van der Waals surface area contributed by atoms with E-state index in [4.69, 9.17) is 4.74 Å². The molecule has 1 aliphatic rings. The van der Waals surface area contributed by atoms with Crippen LogP contribution in [-0.2, 0) is 14.3 Å². The minimum atomic E-state index is -0.0757. The molecular weight excluding hydrogens is 378 g/mol. The topological polar surface area (TPSA) is 74.4 Å². The van der Waals surface area contributed by atoms with Crippen LogP contribution in [0, 0.1) is 5.92 Å². The van der Waals surface area contributed by atoms with Crippen LogP contribution in [0.15, 0.2) is 54.6 Å². The predicted molar refractivity (Wildman–Crippen MR) is 118 cm³/mol. The van der Waals surface area contributed by atoms with Gasteiger partial charge in [0.25, 0.3) is 0 Å². The molecule has 30 heavy (non-hydrogen) atoms. The minimum absolute atomic E-state index is 0.0211. The van der Waals surface area contributed by atoms with Gasteiger partial charge in [-0.2, -0.15) is 0 Å². The highest BCUT2D eigenvalue weighted by molar-refractivity contribution is 5.94. The van der Waals surface area contributed by atoms with Crippen molar-refractivity contribution in [3.63, 3.8) is 0 Å². The molecule has 0 saturated carbocycles. The quantitative estimate of drug-likeness (QED) is 0.650. The van der Waals surface area contributed by atoms with E-state index >= 15 is 0 Å². The van der Waals surface area contributed by atoms with Crippen LogP contribution < -0.4 is 5.32 Å². The number of hydrogen-bond donors (Lipinski definition) is 2. The molecule has 2 heterocycles. The number of likely N-dealkylation sites (tertiary alicyclic amines) is 1. The molecule has 1 saturated heterocycles. The summed E-state index contributed by atoms with van der Waals surface area (Å²) in [6.45, 7) is 1.68. The van der Waals surface area contributed by atoms with Crippen LogP contribution in [0.25, 0.3) is 22.2 Å². The third-order valence-corrected chi connectivity index (χ3v) is 5.71. The number of para-hydroxylation sites is 1. The monoisotopic (exact) mass is 405 g/mol. The van der Waals surface area contributed by atoms with E-state index in [9.17, 15) is 9.59 Å². The van der Waals surface area contributed by atoms with Gasteiger partial charge in [-0.1, -0.05) is 30.3 Å². The molecule has 0 unspecified atom stereocenters. The van der Waals surface area contributed by atoms with Gasteiger partial charge in [-0.15, -0.1) is 0 Å². The predicted octanol–water partition coefficient (Wildman–Crippen LogP) is 4.05. The Morgan fingerprint density at radius 2 is 1.90 bits per heavy atom. The number of fused-ring (bicyclic) bond motifs is 1. The van der Waals surface area contributed by atoms with Crippen molar-refractivity contribution in [3.05, 3.63) is 54.6 Å². The average molecular weight is 405 g/mol. The normalized spacial score (nSPS) is 14.8. The summed E-state index contributed by atoms with van der Waals surface area (Å²) in [6, 6.07) is 18.2. The maximum atomic E-state index is 12.8. The fourth-order valence-corrected chi connectivity index (χ4v) is 3.98. The number of amides is 2. The maximum Gasteiger partial charge on any atom is 0.227 e. The van der Waals surface area contributed by atoms with Crippen molar-refractivity contribution in [2.45, 2.75) is 19.3 Å². The zero-order chi connectivity index (χ0) is 20.9. The molecule has 6 nitrogen and oxygen atoms in total. The fraction of sp³-hybridized carbons (Fsp3) is 0.333. The molecular formula is C24H27N3O3. The number of nitrogens with zero attached hydrogens (tertiary/aromatic N) is 1. The molecule has 0 bridgehead atoms. The number of anilines is 1. The molecule has 1 aromatic heterocycles. The zero-order valence-electron chi connectivity index (χ0n) is 17.2. The smallest absolute Gasteiger partial charge is 0.227 e. The van der Waals surface area contributed by atoms with Crippen LogP contribution in [0.2, 0.25) is 0 Å². The van der Waals surface area contributed by atoms with Gasteiger partial charge >= 0.3 is 0 Å². The van der Waals surface area contributed by atoms with Gasteiger partial charge in [-0.25, -0.2) is 0 Å². The second kappa shape index (κ2) is 9.13. The number of aromatic amines is 1. The molecule has 156 valence electrons. The van der Waals surface area contributed by atoms with Crippen molar-refractivity contribution in [3.8, 4) is 11.3 Å². The highest BCUT2D eigenvalue weighted by Crippen LogP contribution is 2.27. The summed E-state index contributed by atoms with van der Waals surface area (Å²) < 4.78 is 4.97. The van der Waals surface area contributed by atoms with Crippen LogP contribution >= 0.6 is 0 Å². The highest BCUT2D eigenvalue weighted by Gasteiger charge is 2.27. The van der Waals surface area contributed by atoms with Gasteiger partial charge in [-0.05, 0) is 37.1 Å². The molecule has 0 aliphatic carbocycles. The SMILES string of the molecule is COCCC(=O)N1CCC(C(=O)Nc2cccc(-c3cc4ccccc4[nH]3)c2)CC1. The number of aromatic nitrogens is 1. The van der Waals surface area contributed by atoms with E-state index in [2.05, 4.69) is 28.5 Å². The van der Waals surface area contributed by atoms with Crippen molar-refractivity contribution in [1.82, 2.24) is 9.88 Å². The van der Waals surface area contributed by atoms with Gasteiger partial charge in [0.2, 0.25) is 11.8 Å². The third-order valence-electron chi connectivity index (χ3n) is 5.71. The number of carbonyl (C=O) groups excluding carboxylic acids is 2. The summed E-state index contributed by atoms with van der Waals surface area (Å²) in [5.74, 6) is 0.0442. The molecule has 2 aromatic carbocycles. The Bertz CT molecular complexity index is 1000. The first-order chi connectivity index (χ1) is 14.6. The van der Waals surface area contributed by atoms with Gasteiger partial charge in [0.15, 0.2) is 0 Å². The molecule has 3 aromatic rings. The van der Waals surface area contributed by atoms with Gasteiger partial charge in [0.05, 0.1) is 13.0 Å². The number of benzene rings is 2. The highest BCUT2D eigenvalue weighted by atomic mass is 16.5. The van der Waals surface area contributed by atoms with E-state index in [-0.39, 0.29) is 17.7 Å². The Morgan fingerprint density at radius 1 is 1.10 bits per heavy atom. The zero-order valence-corrected chi connectivity index (χ0v) is 17.2. The average Bonchev–Trinajstić information content (AvgIpc) is 3.22. The summed E-state index contributed by atoms with van der Waals surface area (Å²) in [5, 5.41) is 4.22. The fourth-order valence-electron chi connectivity index (χ4n) is 3.98. The molecule has 1 fully saturated rings. The van der Waals surface area contributed by atoms with E-state index in [0.717, 1.165) is 27.8 Å². The van der Waals surface area contributed by atoms with Crippen molar-refractivity contribution in [2.75, 3.05) is 32.1 Å². The minimum Gasteiger partial charge on any atom is -0.384 e. The van der Waals surface area contributed by atoms with Crippen LogP contribution in [0.1, 0.15) is 19.3 Å². The number of nitrogens with one attached hydrogen (secondary N) is 2. The first kappa shape index (κ1) is 20.2. The summed E-state index contributed by atoms with van der Waals surface area (Å²) >= 11 is 0. The Balaban J connectivity index is 1.37. The third kappa shape index (κ3) is 4.54. The summed E-state index contributed by atoms with van der Waals surface area (Å²) in [4.78, 5) is 30.1. The molecule has 2 amide bonds. The first-order valence-corrected chi connectivity index (χ1v) is 10.4. The largest absolute Gasteiger partial charge is 0.384 e. The van der Waals surface area contributed by atoms with Crippen molar-refractivity contribution >= 4 is 28.4 Å². The van der Waals surface area contributed by atoms with Gasteiger partial charge in [0, 0.05) is 54.0 Å². The molecule has 2 N–H and O–H groups in total. The Kier molecular flexibility index (Phi) is 6.14. The molecule has 0 radical (unpaired) electrons. The lowest BCUT2D eigenvalue weighted by Crippen LogP contribution is -2.41. The molecule has 1 aliphatic heterocycles. The summed E-state index contributed by atoms with van der Waals surface area (Å²) in [6.07, 6.45) is 1.77. The standard InChI is InChI=1S/C24H27N3O3/c1-30-14-11-23(28)27-12-9-17(10-13-27)24(29)25-20-7-4-6-18(15-20)22-16-19-5-2-3-8-21(19)26-22/h2-8,15-17,26H,9-14H2,1H3,(H,25,29). The lowest BCUT2D eigenvalue weighted by atomic mass is 9.95. The lowest BCUT2D eigenvalue weighted by Gasteiger charge is -2.31. The second-order valence-corrected chi connectivity index (χ2v) is 7.74. The first-order valence-electron chi connectivity index (χ1n) is 10.4. The number of piperidine rings is 1. The maximum absolute atomic E-state index is 12.8. The number of ether oxygens (including phenoxy) is 1. The Hall–Kier alpha value is -3.12. The Labute approximate surface area is 176 Å². The number of H-pyrrole nitrogens is 1. The number of methoxy groups -OCH3 is 1. The summed E-state index contributed by atoms with van der Waals surface area (Å²) in [7, 11) is 1.59. The molecule has 0 atom stereocenters. The number of carbonyl (C=O) groups is 2. The second-order valence-electron chi connectivity index (χ2n) is 7.74. The van der Waals surface area contributed by atoms with Crippen molar-refractivity contribution in [1.29, 1.82) is 0 Å². The Morgan fingerprint density at radius 3 is 2.67 bits per heavy atom. The van der Waals surface area contributed by atoms with Crippen LogP contribution in [0.3, 0.4) is 0 Å². The van der Waals surface area contributed by atoms with Gasteiger partial charge < -0.3 is 19.9 Å². The van der Waals surface area contributed by atoms with Crippen LogP contribution in [0.4, 0.5) is 5.69 Å². The van der Waals surface area contributed by atoms with Crippen LogP contribution in [-0.4, -0.2) is 48.5 Å². The molecule has 6 heteroatoms. The number of hydrogen-bond acceptors (Lipinski definition) is 3. The van der Waals surface area contributed by atoms with E-state index < -0.39 is 0 Å². The van der Waals surface area contributed by atoms with Crippen molar-refractivity contribution in [2.24, 2.45) is 5.92 Å². The van der Waals surface area contributed by atoms with E-state index in [1.54, 1.807) is 7.11 Å².